The van der Waals surface area contributed by atoms with Crippen LogP contribution >= 0.6 is 0 Å². The Balaban J connectivity index is 1.60. The Morgan fingerprint density at radius 3 is 2.75 bits per heavy atom. The van der Waals surface area contributed by atoms with E-state index in [2.05, 4.69) is 52.3 Å². The number of aromatic nitrogens is 3. The van der Waals surface area contributed by atoms with Crippen molar-refractivity contribution in [1.82, 2.24) is 24.6 Å². The standard InChI is InChI=1S/C27H37N7O2/c1-6-19-14-22(16-29-24(19)28)31-25(35)26(36)33-17-18(2)9-10-27(33,3)21-7-8-23-20(13-21)15-30-34(23)12-11-32(4)5/h7-8,13-16,18H,6,9-12,17H2,1-5H3,(H2,28,29)(H,31,35)/t18-,27-/m0/s1. The molecule has 0 bridgehead atoms. The molecule has 1 aromatic carbocycles. The number of piperidine rings is 1. The van der Waals surface area contributed by atoms with E-state index in [9.17, 15) is 9.59 Å². The zero-order valence-corrected chi connectivity index (χ0v) is 21.9. The number of nitrogens with two attached hydrogens (primary N) is 1. The number of fused-ring (bicyclic) bond motifs is 1. The van der Waals surface area contributed by atoms with E-state index >= 15 is 0 Å². The number of benzene rings is 1. The van der Waals surface area contributed by atoms with Crippen molar-refractivity contribution in [3.63, 3.8) is 0 Å². The Hall–Kier alpha value is -3.46. The number of carbonyl (C=O) groups excluding carboxylic acids is 2. The molecule has 9 heteroatoms. The lowest BCUT2D eigenvalue weighted by atomic mass is 9.78. The first kappa shape index (κ1) is 25.6. The minimum Gasteiger partial charge on any atom is -0.383 e. The summed E-state index contributed by atoms with van der Waals surface area (Å²) >= 11 is 0. The molecule has 3 N–H and O–H groups in total. The summed E-state index contributed by atoms with van der Waals surface area (Å²) in [6.45, 7) is 8.36. The first-order chi connectivity index (χ1) is 17.1. The summed E-state index contributed by atoms with van der Waals surface area (Å²) in [6.07, 6.45) is 5.80. The van der Waals surface area contributed by atoms with Crippen molar-refractivity contribution >= 4 is 34.2 Å². The molecule has 2 amide bonds. The minimum atomic E-state index is -0.665. The molecule has 36 heavy (non-hydrogen) atoms. The second-order valence-corrected chi connectivity index (χ2v) is 10.4. The number of anilines is 2. The molecule has 1 aliphatic heterocycles. The van der Waals surface area contributed by atoms with Crippen molar-refractivity contribution in [2.24, 2.45) is 5.92 Å². The van der Waals surface area contributed by atoms with Crippen molar-refractivity contribution in [3.05, 3.63) is 47.8 Å². The van der Waals surface area contributed by atoms with Crippen molar-refractivity contribution in [1.29, 1.82) is 0 Å². The average molecular weight is 492 g/mol. The molecule has 3 aromatic rings. The third-order valence-electron chi connectivity index (χ3n) is 7.32. The van der Waals surface area contributed by atoms with Gasteiger partial charge in [0, 0.05) is 18.5 Å². The van der Waals surface area contributed by atoms with E-state index in [1.807, 2.05) is 31.9 Å². The van der Waals surface area contributed by atoms with Crippen LogP contribution in [0.3, 0.4) is 0 Å². The number of rotatable bonds is 6. The average Bonchev–Trinajstić information content (AvgIpc) is 3.27. The normalized spacial score (nSPS) is 20.2. The van der Waals surface area contributed by atoms with E-state index in [0.717, 1.165) is 48.0 Å². The number of nitrogens with zero attached hydrogens (tertiary/aromatic N) is 5. The Bertz CT molecular complexity index is 1270. The van der Waals surface area contributed by atoms with E-state index < -0.39 is 17.4 Å². The van der Waals surface area contributed by atoms with Crippen LogP contribution in [0.1, 0.15) is 44.7 Å². The molecule has 0 unspecified atom stereocenters. The number of nitrogens with one attached hydrogen (secondary N) is 1. The highest BCUT2D eigenvalue weighted by Crippen LogP contribution is 2.40. The zero-order valence-electron chi connectivity index (χ0n) is 21.9. The molecule has 3 heterocycles. The Morgan fingerprint density at radius 2 is 2.03 bits per heavy atom. The molecule has 2 atom stereocenters. The molecule has 0 spiro atoms. The predicted molar refractivity (Wildman–Crippen MR) is 142 cm³/mol. The summed E-state index contributed by atoms with van der Waals surface area (Å²) in [5.41, 5.74) is 8.66. The minimum absolute atomic E-state index is 0.303. The van der Waals surface area contributed by atoms with E-state index in [1.54, 1.807) is 11.0 Å². The summed E-state index contributed by atoms with van der Waals surface area (Å²) in [4.78, 5) is 34.6. The van der Waals surface area contributed by atoms with Gasteiger partial charge in [0.25, 0.3) is 0 Å². The quantitative estimate of drug-likeness (QED) is 0.513. The highest BCUT2D eigenvalue weighted by molar-refractivity contribution is 6.39. The molecular weight excluding hydrogens is 454 g/mol. The number of aryl methyl sites for hydroxylation is 1. The third kappa shape index (κ3) is 5.06. The van der Waals surface area contributed by atoms with E-state index in [-0.39, 0.29) is 0 Å². The second kappa shape index (κ2) is 10.3. The van der Waals surface area contributed by atoms with Gasteiger partial charge < -0.3 is 20.9 Å². The van der Waals surface area contributed by atoms with Gasteiger partial charge >= 0.3 is 11.8 Å². The van der Waals surface area contributed by atoms with Crippen LogP contribution in [0.25, 0.3) is 10.9 Å². The van der Waals surface area contributed by atoms with Crippen LogP contribution in [0.5, 0.6) is 0 Å². The van der Waals surface area contributed by atoms with Gasteiger partial charge in [0.2, 0.25) is 0 Å². The van der Waals surface area contributed by atoms with Crippen LogP contribution in [0.15, 0.2) is 36.7 Å². The van der Waals surface area contributed by atoms with Crippen molar-refractivity contribution in [2.45, 2.75) is 52.1 Å². The van der Waals surface area contributed by atoms with Crippen LogP contribution in [-0.2, 0) is 28.1 Å². The summed E-state index contributed by atoms with van der Waals surface area (Å²) < 4.78 is 2.01. The largest absolute Gasteiger partial charge is 0.383 e. The molecule has 0 aliphatic carbocycles. The van der Waals surface area contributed by atoms with Gasteiger partial charge in [-0.05, 0) is 75.5 Å². The van der Waals surface area contributed by atoms with E-state index in [4.69, 9.17) is 5.73 Å². The molecular formula is C27H37N7O2. The van der Waals surface area contributed by atoms with E-state index in [1.165, 1.54) is 6.20 Å². The fourth-order valence-corrected chi connectivity index (χ4v) is 4.95. The highest BCUT2D eigenvalue weighted by atomic mass is 16.2. The molecule has 1 aliphatic rings. The van der Waals surface area contributed by atoms with Gasteiger partial charge in [-0.25, -0.2) is 4.98 Å². The van der Waals surface area contributed by atoms with Gasteiger partial charge in [-0.2, -0.15) is 5.10 Å². The van der Waals surface area contributed by atoms with Crippen LogP contribution in [0, 0.1) is 5.92 Å². The topological polar surface area (TPSA) is 109 Å². The van der Waals surface area contributed by atoms with Crippen LogP contribution in [0.2, 0.25) is 0 Å². The second-order valence-electron chi connectivity index (χ2n) is 10.4. The van der Waals surface area contributed by atoms with Gasteiger partial charge in [0.05, 0.1) is 35.7 Å². The number of hydrogen-bond acceptors (Lipinski definition) is 6. The van der Waals surface area contributed by atoms with Crippen LogP contribution in [-0.4, -0.2) is 63.6 Å². The van der Waals surface area contributed by atoms with Crippen molar-refractivity contribution < 1.29 is 9.59 Å². The van der Waals surface area contributed by atoms with E-state index in [0.29, 0.717) is 30.4 Å². The van der Waals surface area contributed by atoms with Gasteiger partial charge in [-0.3, -0.25) is 14.3 Å². The van der Waals surface area contributed by atoms with Crippen LogP contribution < -0.4 is 11.1 Å². The predicted octanol–water partition coefficient (Wildman–Crippen LogP) is 3.25. The Kier molecular flexibility index (Phi) is 7.31. The lowest BCUT2D eigenvalue weighted by Gasteiger charge is -2.47. The van der Waals surface area contributed by atoms with Crippen LogP contribution in [0.4, 0.5) is 11.5 Å². The molecule has 2 aromatic heterocycles. The lowest BCUT2D eigenvalue weighted by Crippen LogP contribution is -2.55. The summed E-state index contributed by atoms with van der Waals surface area (Å²) in [5.74, 6) is -0.473. The number of nitrogen functional groups attached to an aromatic ring is 1. The summed E-state index contributed by atoms with van der Waals surface area (Å²) in [7, 11) is 4.09. The molecule has 0 radical (unpaired) electrons. The molecule has 0 saturated carbocycles. The number of likely N-dealkylation sites (N-methyl/N-ethyl adjacent to an activating group) is 1. The molecule has 1 saturated heterocycles. The number of amides is 2. The lowest BCUT2D eigenvalue weighted by molar-refractivity contribution is -0.150. The number of hydrogen-bond donors (Lipinski definition) is 2. The Labute approximate surface area is 212 Å². The Morgan fingerprint density at radius 1 is 1.25 bits per heavy atom. The molecule has 9 nitrogen and oxygen atoms in total. The van der Waals surface area contributed by atoms with Gasteiger partial charge in [0.1, 0.15) is 5.82 Å². The van der Waals surface area contributed by atoms with Gasteiger partial charge in [-0.1, -0.05) is 19.9 Å². The summed E-state index contributed by atoms with van der Waals surface area (Å²) in [5, 5.41) is 8.33. The SMILES string of the molecule is CCc1cc(NC(=O)C(=O)N2C[C@@H](C)CC[C@@]2(C)c2ccc3c(cnn3CCN(C)C)c2)cnc1N. The van der Waals surface area contributed by atoms with Crippen molar-refractivity contribution in [3.8, 4) is 0 Å². The first-order valence-corrected chi connectivity index (χ1v) is 12.6. The highest BCUT2D eigenvalue weighted by Gasteiger charge is 2.43. The maximum absolute atomic E-state index is 13.5. The molecule has 192 valence electrons. The molecule has 4 rings (SSSR count). The van der Waals surface area contributed by atoms with Gasteiger partial charge in [0.15, 0.2) is 0 Å². The maximum atomic E-state index is 13.5. The zero-order chi connectivity index (χ0) is 26.0. The monoisotopic (exact) mass is 491 g/mol. The van der Waals surface area contributed by atoms with Crippen molar-refractivity contribution in [2.75, 3.05) is 38.2 Å². The number of pyridine rings is 1. The smallest absolute Gasteiger partial charge is 0.313 e. The third-order valence-corrected chi connectivity index (χ3v) is 7.32. The fraction of sp³-hybridized carbons (Fsp3) is 0.481. The maximum Gasteiger partial charge on any atom is 0.313 e. The van der Waals surface area contributed by atoms with Gasteiger partial charge in [-0.15, -0.1) is 0 Å². The molecule has 1 fully saturated rings. The number of carbonyl (C=O) groups is 2. The summed E-state index contributed by atoms with van der Waals surface area (Å²) in [6, 6.07) is 8.03. The fourth-order valence-electron chi connectivity index (χ4n) is 4.95. The number of likely N-dealkylation sites (tertiary alicyclic amines) is 1. The first-order valence-electron chi connectivity index (χ1n) is 12.6.